The Balaban J connectivity index is 1.39. The molecule has 9 heteroatoms. The van der Waals surface area contributed by atoms with Gasteiger partial charge in [0.05, 0.1) is 37.6 Å². The quantitative estimate of drug-likeness (QED) is 0.322. The summed E-state index contributed by atoms with van der Waals surface area (Å²) in [6, 6.07) is 19.7. The molecule has 2 atom stereocenters. The van der Waals surface area contributed by atoms with Crippen LogP contribution in [0, 0.1) is 0 Å². The van der Waals surface area contributed by atoms with Gasteiger partial charge < -0.3 is 24.4 Å². The van der Waals surface area contributed by atoms with Crippen LogP contribution in [0.2, 0.25) is 0 Å². The SMILES string of the molecule is COC(=O)c1c(O)cc(CN2CCOCC2)cc1C1(CO)c2ccccc2SC1c1ccc(OCCN2CCCC2)cc1. The summed E-state index contributed by atoms with van der Waals surface area (Å²) < 4.78 is 16.8. The molecule has 6 rings (SSSR count). The van der Waals surface area contributed by atoms with Crippen LogP contribution in [0.25, 0.3) is 0 Å². The van der Waals surface area contributed by atoms with Crippen LogP contribution in [0.4, 0.5) is 0 Å². The summed E-state index contributed by atoms with van der Waals surface area (Å²) in [7, 11) is 1.32. The lowest BCUT2D eigenvalue weighted by Gasteiger charge is -2.37. The number of ether oxygens (including phenoxy) is 3. The van der Waals surface area contributed by atoms with Gasteiger partial charge in [-0.2, -0.15) is 0 Å². The Morgan fingerprint density at radius 3 is 2.47 bits per heavy atom. The van der Waals surface area contributed by atoms with E-state index in [4.69, 9.17) is 14.2 Å². The Kier molecular flexibility index (Phi) is 9.25. The van der Waals surface area contributed by atoms with Crippen molar-refractivity contribution in [3.63, 3.8) is 0 Å². The monoisotopic (exact) mass is 604 g/mol. The van der Waals surface area contributed by atoms with Crippen molar-refractivity contribution in [2.75, 3.05) is 66.3 Å². The average Bonchev–Trinajstić information content (AvgIpc) is 3.68. The fourth-order valence-corrected chi connectivity index (χ4v) is 8.31. The van der Waals surface area contributed by atoms with Crippen molar-refractivity contribution < 1.29 is 29.2 Å². The van der Waals surface area contributed by atoms with E-state index in [1.807, 2.05) is 48.5 Å². The fraction of sp³-hybridized carbons (Fsp3) is 0.441. The number of nitrogens with zero attached hydrogens (tertiary/aromatic N) is 2. The van der Waals surface area contributed by atoms with Crippen molar-refractivity contribution >= 4 is 17.7 Å². The maximum absolute atomic E-state index is 13.2. The number of hydrogen-bond acceptors (Lipinski definition) is 9. The van der Waals surface area contributed by atoms with Gasteiger partial charge in [0.15, 0.2) is 0 Å². The van der Waals surface area contributed by atoms with E-state index in [2.05, 4.69) is 15.9 Å². The van der Waals surface area contributed by atoms with Crippen molar-refractivity contribution in [1.82, 2.24) is 9.80 Å². The number of morpholine rings is 1. The van der Waals surface area contributed by atoms with E-state index in [1.54, 1.807) is 17.8 Å². The molecule has 2 unspecified atom stereocenters. The van der Waals surface area contributed by atoms with E-state index in [1.165, 1.54) is 20.0 Å². The van der Waals surface area contributed by atoms with Gasteiger partial charge in [0.2, 0.25) is 0 Å². The molecule has 2 N–H and O–H groups in total. The number of hydrogen-bond donors (Lipinski definition) is 2. The first-order valence-corrected chi connectivity index (χ1v) is 16.0. The maximum atomic E-state index is 13.2. The number of phenols is 1. The van der Waals surface area contributed by atoms with Gasteiger partial charge in [-0.25, -0.2) is 4.79 Å². The zero-order valence-electron chi connectivity index (χ0n) is 24.7. The minimum atomic E-state index is -1.01. The third-order valence-electron chi connectivity index (χ3n) is 8.92. The van der Waals surface area contributed by atoms with Crippen LogP contribution in [0.15, 0.2) is 65.6 Å². The van der Waals surface area contributed by atoms with Crippen molar-refractivity contribution in [3.8, 4) is 11.5 Å². The molecule has 3 aromatic carbocycles. The molecule has 2 fully saturated rings. The molecule has 3 aliphatic rings. The molecule has 0 aromatic heterocycles. The van der Waals surface area contributed by atoms with Crippen LogP contribution < -0.4 is 4.74 Å². The summed E-state index contributed by atoms with van der Waals surface area (Å²) in [5.41, 5.74) is 2.43. The summed E-state index contributed by atoms with van der Waals surface area (Å²) in [6.45, 7) is 7.06. The number of likely N-dealkylation sites (tertiary alicyclic amines) is 1. The minimum Gasteiger partial charge on any atom is -0.507 e. The highest BCUT2D eigenvalue weighted by Crippen LogP contribution is 2.61. The van der Waals surface area contributed by atoms with Crippen molar-refractivity contribution in [2.45, 2.75) is 34.9 Å². The molecule has 43 heavy (non-hydrogen) atoms. The van der Waals surface area contributed by atoms with Gasteiger partial charge in [0.25, 0.3) is 0 Å². The van der Waals surface area contributed by atoms with Crippen LogP contribution in [-0.2, 0) is 21.4 Å². The molecule has 0 radical (unpaired) electrons. The number of methoxy groups -OCH3 is 1. The molecule has 0 saturated carbocycles. The highest BCUT2D eigenvalue weighted by molar-refractivity contribution is 8.00. The number of aromatic hydroxyl groups is 1. The molecule has 8 nitrogen and oxygen atoms in total. The minimum absolute atomic E-state index is 0.0893. The first-order chi connectivity index (χ1) is 21.0. The van der Waals surface area contributed by atoms with Gasteiger partial charge in [-0.3, -0.25) is 9.80 Å². The zero-order valence-corrected chi connectivity index (χ0v) is 25.5. The Morgan fingerprint density at radius 2 is 1.74 bits per heavy atom. The number of thioether (sulfide) groups is 1. The lowest BCUT2D eigenvalue weighted by atomic mass is 9.68. The Bertz CT molecular complexity index is 1420. The van der Waals surface area contributed by atoms with Crippen molar-refractivity contribution in [1.29, 1.82) is 0 Å². The van der Waals surface area contributed by atoms with Gasteiger partial charge in [0, 0.05) is 31.1 Å². The molecule has 228 valence electrons. The third kappa shape index (κ3) is 6.01. The molecule has 0 spiro atoms. The van der Waals surface area contributed by atoms with Crippen LogP contribution in [0.5, 0.6) is 11.5 Å². The number of esters is 1. The van der Waals surface area contributed by atoms with Gasteiger partial charge in [0.1, 0.15) is 23.7 Å². The standard InChI is InChI=1S/C34H40N2O6S/c1-40-33(39)31-28(20-24(21-29(31)38)22-36-14-17-41-18-15-36)34(23-37)27-6-2-3-7-30(27)43-32(34)25-8-10-26(11-9-25)42-19-16-35-12-4-5-13-35/h2-3,6-11,20-21,32,37-38H,4-5,12-19,22-23H2,1H3. The smallest absolute Gasteiger partial charge is 0.341 e. The van der Waals surface area contributed by atoms with E-state index < -0.39 is 11.4 Å². The van der Waals surface area contributed by atoms with E-state index in [9.17, 15) is 15.0 Å². The molecule has 3 aromatic rings. The molecule has 0 aliphatic carbocycles. The van der Waals surface area contributed by atoms with E-state index in [0.717, 1.165) is 60.1 Å². The topological polar surface area (TPSA) is 91.7 Å². The highest BCUT2D eigenvalue weighted by Gasteiger charge is 2.51. The number of aliphatic hydroxyl groups is 1. The number of benzene rings is 3. The number of aliphatic hydroxyl groups excluding tert-OH is 1. The van der Waals surface area contributed by atoms with Crippen molar-refractivity contribution in [3.05, 3.63) is 88.5 Å². The summed E-state index contributed by atoms with van der Waals surface area (Å²) in [6.07, 6.45) is 2.52. The van der Waals surface area contributed by atoms with Crippen LogP contribution in [0.3, 0.4) is 0 Å². The molecular weight excluding hydrogens is 564 g/mol. The van der Waals surface area contributed by atoms with Gasteiger partial charge >= 0.3 is 5.97 Å². The summed E-state index contributed by atoms with van der Waals surface area (Å²) in [5, 5.41) is 22.5. The number of phenolic OH excluding ortho intramolecular Hbond substituents is 1. The molecule has 0 amide bonds. The number of carbonyl (C=O) groups is 1. The lowest BCUT2D eigenvalue weighted by molar-refractivity contribution is 0.0341. The largest absolute Gasteiger partial charge is 0.507 e. The first kappa shape index (κ1) is 30.0. The van der Waals surface area contributed by atoms with E-state index >= 15 is 0 Å². The summed E-state index contributed by atoms with van der Waals surface area (Å²) >= 11 is 1.66. The normalized spacial score (nSPS) is 22.4. The second kappa shape index (κ2) is 13.3. The lowest BCUT2D eigenvalue weighted by Crippen LogP contribution is -2.38. The molecule has 3 heterocycles. The Morgan fingerprint density at radius 1 is 1.00 bits per heavy atom. The first-order valence-electron chi connectivity index (χ1n) is 15.1. The van der Waals surface area contributed by atoms with E-state index in [-0.39, 0.29) is 23.2 Å². The van der Waals surface area contributed by atoms with Gasteiger partial charge in [-0.1, -0.05) is 36.4 Å². The predicted molar refractivity (Wildman–Crippen MR) is 166 cm³/mol. The summed E-state index contributed by atoms with van der Waals surface area (Å²) in [5.74, 6) is 0.0295. The number of carbonyl (C=O) groups excluding carboxylic acids is 1. The summed E-state index contributed by atoms with van der Waals surface area (Å²) in [4.78, 5) is 19.0. The fourth-order valence-electron chi connectivity index (χ4n) is 6.70. The number of rotatable bonds is 10. The molecule has 0 bridgehead atoms. The van der Waals surface area contributed by atoms with Crippen molar-refractivity contribution in [2.24, 2.45) is 0 Å². The molecule has 2 saturated heterocycles. The second-order valence-electron chi connectivity index (χ2n) is 11.5. The maximum Gasteiger partial charge on any atom is 0.341 e. The molecule has 3 aliphatic heterocycles. The second-order valence-corrected chi connectivity index (χ2v) is 12.7. The number of fused-ring (bicyclic) bond motifs is 1. The highest BCUT2D eigenvalue weighted by atomic mass is 32.2. The molecular formula is C34H40N2O6S. The zero-order chi connectivity index (χ0) is 29.8. The predicted octanol–water partition coefficient (Wildman–Crippen LogP) is 4.61. The Hall–Kier alpha value is -3.08. The van der Waals surface area contributed by atoms with Crippen LogP contribution in [-0.4, -0.2) is 92.2 Å². The van der Waals surface area contributed by atoms with Crippen LogP contribution >= 0.6 is 11.8 Å². The van der Waals surface area contributed by atoms with Gasteiger partial charge in [-0.15, -0.1) is 11.8 Å². The average molecular weight is 605 g/mol. The van der Waals surface area contributed by atoms with Crippen LogP contribution in [0.1, 0.15) is 50.7 Å². The Labute approximate surface area is 257 Å². The van der Waals surface area contributed by atoms with E-state index in [0.29, 0.717) is 31.9 Å². The third-order valence-corrected chi connectivity index (χ3v) is 10.4. The van der Waals surface area contributed by atoms with Gasteiger partial charge in [-0.05, 0) is 72.5 Å².